The van der Waals surface area contributed by atoms with Crippen LogP contribution in [-0.2, 0) is 0 Å². The first-order valence-electron chi connectivity index (χ1n) is 4.19. The summed E-state index contributed by atoms with van der Waals surface area (Å²) in [7, 11) is 1.68. The number of hydrogen-bond donors (Lipinski definition) is 2. The van der Waals surface area contributed by atoms with Crippen LogP contribution in [0.15, 0.2) is 12.1 Å². The average Bonchev–Trinajstić information content (AvgIpc) is 2.04. The highest BCUT2D eigenvalue weighted by molar-refractivity contribution is 7.80. The van der Waals surface area contributed by atoms with Crippen molar-refractivity contribution >= 4 is 18.3 Å². The number of thiol groups is 1. The maximum absolute atomic E-state index is 5.29. The zero-order valence-electron chi connectivity index (χ0n) is 8.22. The Morgan fingerprint density at radius 1 is 1.38 bits per heavy atom. The van der Waals surface area contributed by atoms with Gasteiger partial charge in [0.15, 0.2) is 0 Å². The maximum atomic E-state index is 5.29. The molecule has 0 fully saturated rings. The van der Waals surface area contributed by atoms with Crippen LogP contribution < -0.4 is 10.1 Å². The highest BCUT2D eigenvalue weighted by Crippen LogP contribution is 2.29. The molecule has 0 aliphatic heterocycles. The summed E-state index contributed by atoms with van der Waals surface area (Å²) in [6.07, 6.45) is 0. The van der Waals surface area contributed by atoms with Crippen LogP contribution in [0.5, 0.6) is 5.75 Å². The first-order chi connectivity index (χ1) is 6.19. The highest BCUT2D eigenvalue weighted by Gasteiger charge is 2.05. The molecule has 1 aromatic carbocycles. The number of methoxy groups -OCH3 is 1. The predicted octanol–water partition coefficient (Wildman–Crippen LogP) is 2.61. The van der Waals surface area contributed by atoms with Gasteiger partial charge in [0.05, 0.1) is 18.7 Å². The Bertz CT molecular complexity index is 299. The summed E-state index contributed by atoms with van der Waals surface area (Å²) >= 11 is 4.12. The van der Waals surface area contributed by atoms with E-state index in [0.717, 1.165) is 17.0 Å². The van der Waals surface area contributed by atoms with E-state index < -0.39 is 0 Å². The Balaban J connectivity index is 3.13. The van der Waals surface area contributed by atoms with Crippen molar-refractivity contribution < 1.29 is 4.74 Å². The van der Waals surface area contributed by atoms with E-state index in [1.165, 1.54) is 5.56 Å². The Hall–Kier alpha value is -0.830. The van der Waals surface area contributed by atoms with Gasteiger partial charge in [-0.2, -0.15) is 12.6 Å². The molecule has 0 atom stereocenters. The number of nitrogens with one attached hydrogen (secondary N) is 1. The van der Waals surface area contributed by atoms with Gasteiger partial charge < -0.3 is 10.1 Å². The molecule has 0 aromatic heterocycles. The summed E-state index contributed by atoms with van der Waals surface area (Å²) in [6, 6.07) is 4.16. The summed E-state index contributed by atoms with van der Waals surface area (Å²) in [5, 5.41) is 3.15. The number of aryl methyl sites for hydroxylation is 2. The van der Waals surface area contributed by atoms with E-state index in [2.05, 4.69) is 37.0 Å². The van der Waals surface area contributed by atoms with Crippen molar-refractivity contribution in [2.24, 2.45) is 0 Å². The second kappa shape index (κ2) is 4.42. The molecule has 2 nitrogen and oxygen atoms in total. The molecule has 0 radical (unpaired) electrons. The molecule has 0 heterocycles. The molecule has 1 N–H and O–H groups in total. The van der Waals surface area contributed by atoms with Crippen LogP contribution in [-0.4, -0.2) is 13.0 Å². The van der Waals surface area contributed by atoms with Gasteiger partial charge in [0.1, 0.15) is 5.75 Å². The molecule has 0 spiro atoms. The third kappa shape index (κ3) is 2.31. The molecule has 3 heteroatoms. The van der Waals surface area contributed by atoms with Gasteiger partial charge in [0.25, 0.3) is 0 Å². The Kier molecular flexibility index (Phi) is 3.48. The van der Waals surface area contributed by atoms with Crippen molar-refractivity contribution in [1.29, 1.82) is 0 Å². The molecule has 1 rings (SSSR count). The van der Waals surface area contributed by atoms with Gasteiger partial charge in [0, 0.05) is 0 Å². The van der Waals surface area contributed by atoms with Crippen molar-refractivity contribution in [2.45, 2.75) is 13.8 Å². The van der Waals surface area contributed by atoms with Gasteiger partial charge >= 0.3 is 0 Å². The summed E-state index contributed by atoms with van der Waals surface area (Å²) in [4.78, 5) is 0. The number of hydrogen-bond acceptors (Lipinski definition) is 3. The van der Waals surface area contributed by atoms with Crippen molar-refractivity contribution in [3.63, 3.8) is 0 Å². The van der Waals surface area contributed by atoms with Crippen LogP contribution in [0.3, 0.4) is 0 Å². The highest BCUT2D eigenvalue weighted by atomic mass is 32.1. The topological polar surface area (TPSA) is 21.3 Å². The minimum absolute atomic E-state index is 0.610. The van der Waals surface area contributed by atoms with Crippen LogP contribution in [0, 0.1) is 13.8 Å². The standard InChI is InChI=1S/C10H15NOS/c1-7-4-8(2)10(12-3)9(5-7)11-6-13/h4-5,11,13H,6H2,1-3H3. The molecule has 0 saturated carbocycles. The third-order valence-corrected chi connectivity index (χ3v) is 2.05. The summed E-state index contributed by atoms with van der Waals surface area (Å²) in [5.74, 6) is 1.51. The van der Waals surface area contributed by atoms with Gasteiger partial charge in [-0.15, -0.1) is 0 Å². The second-order valence-corrected chi connectivity index (χ2v) is 3.31. The molecule has 0 unspecified atom stereocenters. The Morgan fingerprint density at radius 3 is 2.62 bits per heavy atom. The minimum atomic E-state index is 0.610. The Labute approximate surface area is 84.7 Å². The molecule has 0 aliphatic carbocycles. The maximum Gasteiger partial charge on any atom is 0.144 e. The second-order valence-electron chi connectivity index (χ2n) is 3.00. The van der Waals surface area contributed by atoms with Crippen LogP contribution in [0.1, 0.15) is 11.1 Å². The summed E-state index contributed by atoms with van der Waals surface area (Å²) < 4.78 is 5.29. The zero-order valence-corrected chi connectivity index (χ0v) is 9.11. The van der Waals surface area contributed by atoms with Gasteiger partial charge in [-0.3, -0.25) is 0 Å². The van der Waals surface area contributed by atoms with Gasteiger partial charge in [0.2, 0.25) is 0 Å². The van der Waals surface area contributed by atoms with Crippen LogP contribution >= 0.6 is 12.6 Å². The van der Waals surface area contributed by atoms with Crippen LogP contribution in [0.4, 0.5) is 5.69 Å². The number of ether oxygens (including phenoxy) is 1. The predicted molar refractivity (Wildman–Crippen MR) is 59.9 cm³/mol. The van der Waals surface area contributed by atoms with Crippen LogP contribution in [0.2, 0.25) is 0 Å². The molecule has 72 valence electrons. The smallest absolute Gasteiger partial charge is 0.144 e. The van der Waals surface area contributed by atoms with Crippen molar-refractivity contribution in [3.05, 3.63) is 23.3 Å². The van der Waals surface area contributed by atoms with E-state index >= 15 is 0 Å². The lowest BCUT2D eigenvalue weighted by molar-refractivity contribution is 0.413. The fraction of sp³-hybridized carbons (Fsp3) is 0.400. The number of rotatable bonds is 3. The molecule has 0 amide bonds. The first-order valence-corrected chi connectivity index (χ1v) is 4.82. The van der Waals surface area contributed by atoms with Crippen LogP contribution in [0.25, 0.3) is 0 Å². The summed E-state index contributed by atoms with van der Waals surface area (Å²) in [5.41, 5.74) is 3.38. The molecule has 0 saturated heterocycles. The van der Waals surface area contributed by atoms with E-state index in [-0.39, 0.29) is 0 Å². The van der Waals surface area contributed by atoms with E-state index in [0.29, 0.717) is 5.88 Å². The molecular formula is C10H15NOS. The van der Waals surface area contributed by atoms with Crippen molar-refractivity contribution in [2.75, 3.05) is 18.3 Å². The zero-order chi connectivity index (χ0) is 9.84. The van der Waals surface area contributed by atoms with E-state index in [1.54, 1.807) is 7.11 Å². The van der Waals surface area contributed by atoms with E-state index in [1.807, 2.05) is 6.92 Å². The first kappa shape index (κ1) is 10.3. The lowest BCUT2D eigenvalue weighted by Gasteiger charge is -2.12. The fourth-order valence-electron chi connectivity index (χ4n) is 1.44. The monoisotopic (exact) mass is 197 g/mol. The SMILES string of the molecule is COc1c(C)cc(C)cc1NCS. The molecular weight excluding hydrogens is 182 g/mol. The number of anilines is 1. The lowest BCUT2D eigenvalue weighted by Crippen LogP contribution is -1.99. The molecule has 1 aromatic rings. The Morgan fingerprint density at radius 2 is 2.08 bits per heavy atom. The molecule has 0 bridgehead atoms. The quantitative estimate of drug-likeness (QED) is 0.574. The molecule has 13 heavy (non-hydrogen) atoms. The minimum Gasteiger partial charge on any atom is -0.494 e. The fourth-order valence-corrected chi connectivity index (χ4v) is 1.61. The summed E-state index contributed by atoms with van der Waals surface area (Å²) in [6.45, 7) is 4.10. The van der Waals surface area contributed by atoms with Crippen molar-refractivity contribution in [3.8, 4) is 5.75 Å². The largest absolute Gasteiger partial charge is 0.494 e. The lowest BCUT2D eigenvalue weighted by atomic mass is 10.1. The third-order valence-electron chi connectivity index (χ3n) is 1.89. The van der Waals surface area contributed by atoms with Gasteiger partial charge in [-0.25, -0.2) is 0 Å². The van der Waals surface area contributed by atoms with E-state index in [9.17, 15) is 0 Å². The number of benzene rings is 1. The van der Waals surface area contributed by atoms with Crippen molar-refractivity contribution in [1.82, 2.24) is 0 Å². The molecule has 0 aliphatic rings. The van der Waals surface area contributed by atoms with Gasteiger partial charge in [-0.1, -0.05) is 6.07 Å². The van der Waals surface area contributed by atoms with E-state index in [4.69, 9.17) is 4.74 Å². The van der Waals surface area contributed by atoms with Gasteiger partial charge in [-0.05, 0) is 31.0 Å². The normalized spacial score (nSPS) is 9.85. The average molecular weight is 197 g/mol.